The zero-order valence-corrected chi connectivity index (χ0v) is 12.3. The summed E-state index contributed by atoms with van der Waals surface area (Å²) < 4.78 is 0. The first kappa shape index (κ1) is 15.2. The van der Waals surface area contributed by atoms with E-state index in [2.05, 4.69) is 18.8 Å². The van der Waals surface area contributed by atoms with Crippen molar-refractivity contribution >= 4 is 18.0 Å². The molecule has 1 N–H and O–H groups in total. The minimum atomic E-state index is -1.02. The van der Waals surface area contributed by atoms with E-state index in [1.165, 1.54) is 18.5 Å². The van der Waals surface area contributed by atoms with Crippen LogP contribution in [0.1, 0.15) is 36.2 Å². The fourth-order valence-electron chi connectivity index (χ4n) is 2.84. The fraction of sp³-hybridized carbons (Fsp3) is 0.438. The summed E-state index contributed by atoms with van der Waals surface area (Å²) in [5.41, 5.74) is 1.12. The molecule has 1 saturated heterocycles. The van der Waals surface area contributed by atoms with Gasteiger partial charge in [-0.3, -0.25) is 9.78 Å². The Morgan fingerprint density at radius 2 is 1.95 bits per heavy atom. The predicted octanol–water partition coefficient (Wildman–Crippen LogP) is 2.30. The number of aromatic nitrogens is 1. The molecule has 1 aromatic heterocycles. The Morgan fingerprint density at radius 1 is 1.29 bits per heavy atom. The van der Waals surface area contributed by atoms with E-state index in [1.54, 1.807) is 6.07 Å². The molecule has 0 bridgehead atoms. The van der Waals surface area contributed by atoms with Crippen molar-refractivity contribution in [1.82, 2.24) is 9.88 Å². The molecule has 2 heterocycles. The molecule has 0 saturated carbocycles. The van der Waals surface area contributed by atoms with Crippen LogP contribution in [0.15, 0.2) is 24.5 Å². The lowest BCUT2D eigenvalue weighted by Crippen LogP contribution is -2.42. The van der Waals surface area contributed by atoms with Crippen LogP contribution in [0.3, 0.4) is 0 Å². The molecule has 0 aliphatic carbocycles. The van der Waals surface area contributed by atoms with E-state index in [1.807, 2.05) is 4.90 Å². The summed E-state index contributed by atoms with van der Waals surface area (Å²) in [5.74, 6) is -0.0571. The van der Waals surface area contributed by atoms with E-state index in [0.717, 1.165) is 25.6 Å². The van der Waals surface area contributed by atoms with E-state index in [0.29, 0.717) is 23.0 Å². The largest absolute Gasteiger partial charge is 0.478 e. The molecule has 1 amide bonds. The third-order valence-corrected chi connectivity index (χ3v) is 3.58. The maximum absolute atomic E-state index is 12.5. The molecule has 5 nitrogen and oxygen atoms in total. The van der Waals surface area contributed by atoms with Gasteiger partial charge < -0.3 is 10.0 Å². The number of piperidine rings is 1. The average molecular weight is 288 g/mol. The Morgan fingerprint density at radius 3 is 2.57 bits per heavy atom. The zero-order valence-electron chi connectivity index (χ0n) is 12.3. The van der Waals surface area contributed by atoms with Crippen LogP contribution in [-0.2, 0) is 4.79 Å². The van der Waals surface area contributed by atoms with E-state index >= 15 is 0 Å². The molecule has 0 spiro atoms. The van der Waals surface area contributed by atoms with Gasteiger partial charge >= 0.3 is 5.97 Å². The molecule has 2 unspecified atom stereocenters. The number of pyridine rings is 1. The summed E-state index contributed by atoms with van der Waals surface area (Å²) in [7, 11) is 0. The molecular formula is C16H20N2O3. The fourth-order valence-corrected chi connectivity index (χ4v) is 2.84. The minimum absolute atomic E-state index is 0.0357. The number of aliphatic carboxylic acids is 1. The van der Waals surface area contributed by atoms with E-state index in [-0.39, 0.29) is 5.91 Å². The number of nitrogens with zero attached hydrogens (tertiary/aromatic N) is 2. The third-order valence-electron chi connectivity index (χ3n) is 3.58. The van der Waals surface area contributed by atoms with Crippen molar-refractivity contribution in [2.24, 2.45) is 11.8 Å². The van der Waals surface area contributed by atoms with E-state index in [4.69, 9.17) is 5.11 Å². The van der Waals surface area contributed by atoms with Crippen molar-refractivity contribution < 1.29 is 14.7 Å². The standard InChI is InChI=1S/C16H20N2O3/c1-11-5-12(2)10-18(9-11)16(21)14-6-13(7-17-8-14)3-4-15(19)20/h3-4,6-8,11-12H,5,9-10H2,1-2H3,(H,19,20). The lowest BCUT2D eigenvalue weighted by atomic mass is 9.91. The number of rotatable bonds is 3. The number of hydrogen-bond donors (Lipinski definition) is 1. The quantitative estimate of drug-likeness (QED) is 0.866. The van der Waals surface area contributed by atoms with Gasteiger partial charge in [0.2, 0.25) is 0 Å². The highest BCUT2D eigenvalue weighted by atomic mass is 16.4. The summed E-state index contributed by atoms with van der Waals surface area (Å²) in [4.78, 5) is 28.9. The molecule has 1 fully saturated rings. The number of carboxylic acids is 1. The number of hydrogen-bond acceptors (Lipinski definition) is 3. The van der Waals surface area contributed by atoms with Gasteiger partial charge in [0.25, 0.3) is 5.91 Å². The maximum Gasteiger partial charge on any atom is 0.328 e. The van der Waals surface area contributed by atoms with Crippen molar-refractivity contribution in [2.75, 3.05) is 13.1 Å². The summed E-state index contributed by atoms with van der Waals surface area (Å²) in [6.45, 7) is 5.83. The first-order valence-corrected chi connectivity index (χ1v) is 7.11. The highest BCUT2D eigenvalue weighted by Crippen LogP contribution is 2.22. The Kier molecular flexibility index (Phi) is 4.73. The molecule has 2 rings (SSSR count). The third kappa shape index (κ3) is 4.15. The summed E-state index contributed by atoms with van der Waals surface area (Å²) >= 11 is 0. The molecule has 1 aliphatic rings. The van der Waals surface area contributed by atoms with Crippen molar-refractivity contribution in [1.29, 1.82) is 0 Å². The van der Waals surface area contributed by atoms with E-state index in [9.17, 15) is 9.59 Å². The maximum atomic E-state index is 12.5. The van der Waals surface area contributed by atoms with Gasteiger partial charge in [0.05, 0.1) is 5.56 Å². The van der Waals surface area contributed by atoms with Gasteiger partial charge in [-0.1, -0.05) is 13.8 Å². The Hall–Kier alpha value is -2.17. The molecule has 112 valence electrons. The molecule has 0 aromatic carbocycles. The SMILES string of the molecule is CC1CC(C)CN(C(=O)c2cncc(C=CC(=O)O)c2)C1. The number of carbonyl (C=O) groups excluding carboxylic acids is 1. The van der Waals surface area contributed by atoms with Gasteiger partial charge in [0.15, 0.2) is 0 Å². The lowest BCUT2D eigenvalue weighted by Gasteiger charge is -2.35. The monoisotopic (exact) mass is 288 g/mol. The summed E-state index contributed by atoms with van der Waals surface area (Å²) in [6.07, 6.45) is 6.69. The summed E-state index contributed by atoms with van der Waals surface area (Å²) in [5, 5.41) is 8.63. The first-order valence-electron chi connectivity index (χ1n) is 7.11. The van der Waals surface area contributed by atoms with Gasteiger partial charge in [-0.2, -0.15) is 0 Å². The van der Waals surface area contributed by atoms with Crippen LogP contribution in [0.4, 0.5) is 0 Å². The van der Waals surface area contributed by atoms with Gasteiger partial charge in [0, 0.05) is 31.6 Å². The second-order valence-corrected chi connectivity index (χ2v) is 5.83. The van der Waals surface area contributed by atoms with Gasteiger partial charge in [-0.15, -0.1) is 0 Å². The van der Waals surface area contributed by atoms with Gasteiger partial charge in [-0.05, 0) is 36.0 Å². The van der Waals surface area contributed by atoms with Crippen LogP contribution in [0.25, 0.3) is 6.08 Å². The minimum Gasteiger partial charge on any atom is -0.478 e. The molecule has 21 heavy (non-hydrogen) atoms. The van der Waals surface area contributed by atoms with Crippen molar-refractivity contribution in [3.05, 3.63) is 35.7 Å². The number of likely N-dealkylation sites (tertiary alicyclic amines) is 1. The van der Waals surface area contributed by atoms with Crippen LogP contribution in [0, 0.1) is 11.8 Å². The van der Waals surface area contributed by atoms with Crippen LogP contribution < -0.4 is 0 Å². The molecular weight excluding hydrogens is 268 g/mol. The van der Waals surface area contributed by atoms with Gasteiger partial charge in [0.1, 0.15) is 0 Å². The average Bonchev–Trinajstić information content (AvgIpc) is 2.43. The highest BCUT2D eigenvalue weighted by molar-refractivity contribution is 5.95. The van der Waals surface area contributed by atoms with Crippen LogP contribution in [0.2, 0.25) is 0 Å². The molecule has 1 aliphatic heterocycles. The topological polar surface area (TPSA) is 70.5 Å². The van der Waals surface area contributed by atoms with Crippen molar-refractivity contribution in [3.63, 3.8) is 0 Å². The predicted molar refractivity (Wildman–Crippen MR) is 79.8 cm³/mol. The Balaban J connectivity index is 2.15. The smallest absolute Gasteiger partial charge is 0.328 e. The lowest BCUT2D eigenvalue weighted by molar-refractivity contribution is -0.131. The number of carbonyl (C=O) groups is 2. The second-order valence-electron chi connectivity index (χ2n) is 5.83. The van der Waals surface area contributed by atoms with Crippen LogP contribution in [-0.4, -0.2) is 40.0 Å². The molecule has 0 radical (unpaired) electrons. The normalized spacial score (nSPS) is 22.5. The number of amides is 1. The molecule has 5 heteroatoms. The highest BCUT2D eigenvalue weighted by Gasteiger charge is 2.26. The van der Waals surface area contributed by atoms with E-state index < -0.39 is 5.97 Å². The van der Waals surface area contributed by atoms with Crippen LogP contribution in [0.5, 0.6) is 0 Å². The summed E-state index contributed by atoms with van der Waals surface area (Å²) in [6, 6.07) is 1.68. The zero-order chi connectivity index (χ0) is 15.4. The Bertz CT molecular complexity index is 558. The van der Waals surface area contributed by atoms with Crippen molar-refractivity contribution in [2.45, 2.75) is 20.3 Å². The molecule has 2 atom stereocenters. The Labute approximate surface area is 124 Å². The second kappa shape index (κ2) is 6.52. The molecule has 1 aromatic rings. The van der Waals surface area contributed by atoms with Crippen LogP contribution >= 0.6 is 0 Å². The van der Waals surface area contributed by atoms with Crippen molar-refractivity contribution in [3.8, 4) is 0 Å². The first-order chi connectivity index (χ1) is 9.95. The van der Waals surface area contributed by atoms with Gasteiger partial charge in [-0.25, -0.2) is 4.79 Å². The number of carboxylic acid groups (broad SMARTS) is 1.